The summed E-state index contributed by atoms with van der Waals surface area (Å²) >= 11 is 0. The summed E-state index contributed by atoms with van der Waals surface area (Å²) in [6, 6.07) is 11.1. The Bertz CT molecular complexity index is 868. The zero-order valence-electron chi connectivity index (χ0n) is 18.9. The monoisotopic (exact) mass is 428 g/mol. The summed E-state index contributed by atoms with van der Waals surface area (Å²) in [5, 5.41) is 2.92. The lowest BCUT2D eigenvalue weighted by Gasteiger charge is -2.30. The fourth-order valence-corrected chi connectivity index (χ4v) is 3.40. The highest BCUT2D eigenvalue weighted by atomic mass is 19.1. The number of ether oxygens (including phenoxy) is 1. The molecule has 0 aliphatic heterocycles. The maximum atomic E-state index is 13.3. The molecule has 0 aliphatic carbocycles. The smallest absolute Gasteiger partial charge is 0.261 e. The molecule has 0 fully saturated rings. The molecule has 31 heavy (non-hydrogen) atoms. The van der Waals surface area contributed by atoms with Crippen LogP contribution in [0.4, 0.5) is 4.39 Å². The lowest BCUT2D eigenvalue weighted by atomic mass is 10.1. The minimum atomic E-state index is -0.628. The maximum absolute atomic E-state index is 13.3. The Labute approximate surface area is 184 Å². The first-order valence-electron chi connectivity index (χ1n) is 10.9. The Balaban J connectivity index is 2.18. The number of amides is 2. The van der Waals surface area contributed by atoms with Crippen LogP contribution in [-0.2, 0) is 16.1 Å². The summed E-state index contributed by atoms with van der Waals surface area (Å²) < 4.78 is 19.1. The van der Waals surface area contributed by atoms with E-state index >= 15 is 0 Å². The topological polar surface area (TPSA) is 58.6 Å². The molecule has 1 N–H and O–H groups in total. The van der Waals surface area contributed by atoms with E-state index in [2.05, 4.69) is 12.2 Å². The van der Waals surface area contributed by atoms with Gasteiger partial charge in [0.15, 0.2) is 6.61 Å². The Morgan fingerprint density at radius 3 is 2.42 bits per heavy atom. The van der Waals surface area contributed by atoms with Crippen LogP contribution in [0.15, 0.2) is 42.5 Å². The second-order valence-electron chi connectivity index (χ2n) is 7.77. The van der Waals surface area contributed by atoms with Crippen LogP contribution in [0.25, 0.3) is 0 Å². The molecule has 0 unspecified atom stereocenters. The van der Waals surface area contributed by atoms with Crippen molar-refractivity contribution in [2.75, 3.05) is 13.2 Å². The third-order valence-electron chi connectivity index (χ3n) is 5.16. The number of carbonyl (C=O) groups excluding carboxylic acids is 2. The molecule has 0 bridgehead atoms. The molecule has 2 aromatic rings. The van der Waals surface area contributed by atoms with Crippen molar-refractivity contribution >= 4 is 11.8 Å². The van der Waals surface area contributed by atoms with Crippen molar-refractivity contribution in [2.45, 2.75) is 59.5 Å². The van der Waals surface area contributed by atoms with Gasteiger partial charge in [0, 0.05) is 13.1 Å². The average Bonchev–Trinajstić information content (AvgIpc) is 2.74. The second kappa shape index (κ2) is 12.1. The van der Waals surface area contributed by atoms with Gasteiger partial charge in [0.2, 0.25) is 5.91 Å². The molecule has 2 rings (SSSR count). The number of unbranched alkanes of at least 4 members (excludes halogenated alkanes) is 1. The molecule has 5 nitrogen and oxygen atoms in total. The SMILES string of the molecule is CCCCNC(=O)[C@H](CC)N(Cc1ccc(F)cc1)C(=O)COc1ccc(C)cc1C. The van der Waals surface area contributed by atoms with Crippen molar-refractivity contribution in [3.63, 3.8) is 0 Å². The van der Waals surface area contributed by atoms with Gasteiger partial charge in [-0.3, -0.25) is 9.59 Å². The van der Waals surface area contributed by atoms with Gasteiger partial charge in [0.05, 0.1) is 0 Å². The largest absolute Gasteiger partial charge is 0.483 e. The van der Waals surface area contributed by atoms with Crippen molar-refractivity contribution in [3.8, 4) is 5.75 Å². The van der Waals surface area contributed by atoms with Crippen molar-refractivity contribution in [3.05, 3.63) is 65.0 Å². The van der Waals surface area contributed by atoms with E-state index in [1.165, 1.54) is 17.0 Å². The molecule has 0 radical (unpaired) electrons. The number of hydrogen-bond acceptors (Lipinski definition) is 3. The van der Waals surface area contributed by atoms with E-state index in [1.807, 2.05) is 39.0 Å². The molecule has 0 aliphatic rings. The molecular weight excluding hydrogens is 395 g/mol. The van der Waals surface area contributed by atoms with Crippen molar-refractivity contribution in [2.24, 2.45) is 0 Å². The Morgan fingerprint density at radius 2 is 1.81 bits per heavy atom. The Kier molecular flexibility index (Phi) is 9.50. The fourth-order valence-electron chi connectivity index (χ4n) is 3.40. The van der Waals surface area contributed by atoms with E-state index in [0.717, 1.165) is 29.5 Å². The summed E-state index contributed by atoms with van der Waals surface area (Å²) in [7, 11) is 0. The van der Waals surface area contributed by atoms with Gasteiger partial charge < -0.3 is 15.0 Å². The zero-order valence-corrected chi connectivity index (χ0v) is 18.9. The van der Waals surface area contributed by atoms with Crippen LogP contribution >= 0.6 is 0 Å². The Hall–Kier alpha value is -2.89. The van der Waals surface area contributed by atoms with Gasteiger partial charge in [-0.15, -0.1) is 0 Å². The number of aryl methyl sites for hydroxylation is 2. The standard InChI is InChI=1S/C25H33FN2O3/c1-5-7-14-27-25(30)22(6-2)28(16-20-9-11-21(26)12-10-20)24(29)17-31-23-13-8-18(3)15-19(23)4/h8-13,15,22H,5-7,14,16-17H2,1-4H3,(H,27,30)/t22-/m0/s1. The highest BCUT2D eigenvalue weighted by molar-refractivity contribution is 5.88. The molecular formula is C25H33FN2O3. The van der Waals surface area contributed by atoms with Gasteiger partial charge in [-0.25, -0.2) is 4.39 Å². The first kappa shape index (κ1) is 24.4. The summed E-state index contributed by atoms with van der Waals surface area (Å²) in [4.78, 5) is 27.5. The lowest BCUT2D eigenvalue weighted by Crippen LogP contribution is -2.50. The fraction of sp³-hybridized carbons (Fsp3) is 0.440. The number of nitrogens with zero attached hydrogens (tertiary/aromatic N) is 1. The van der Waals surface area contributed by atoms with Crippen molar-refractivity contribution in [1.29, 1.82) is 0 Å². The molecule has 0 aromatic heterocycles. The molecule has 6 heteroatoms. The molecule has 168 valence electrons. The Morgan fingerprint density at radius 1 is 1.10 bits per heavy atom. The number of benzene rings is 2. The van der Waals surface area contributed by atoms with Crippen LogP contribution in [0.5, 0.6) is 5.75 Å². The normalized spacial score (nSPS) is 11.6. The second-order valence-corrected chi connectivity index (χ2v) is 7.77. The van der Waals surface area contributed by atoms with E-state index in [4.69, 9.17) is 4.74 Å². The van der Waals surface area contributed by atoms with Gasteiger partial charge in [0.1, 0.15) is 17.6 Å². The van der Waals surface area contributed by atoms with Gasteiger partial charge in [0.25, 0.3) is 5.91 Å². The van der Waals surface area contributed by atoms with Crippen LogP contribution in [0.3, 0.4) is 0 Å². The maximum Gasteiger partial charge on any atom is 0.261 e. The molecule has 2 aromatic carbocycles. The van der Waals surface area contributed by atoms with E-state index in [0.29, 0.717) is 18.7 Å². The third-order valence-corrected chi connectivity index (χ3v) is 5.16. The summed E-state index contributed by atoms with van der Waals surface area (Å²) in [5.41, 5.74) is 2.81. The quantitative estimate of drug-likeness (QED) is 0.535. The van der Waals surface area contributed by atoms with Gasteiger partial charge >= 0.3 is 0 Å². The summed E-state index contributed by atoms with van der Waals surface area (Å²) in [5.74, 6) is -0.176. The van der Waals surface area contributed by atoms with Crippen molar-refractivity contribution < 1.29 is 18.7 Å². The summed E-state index contributed by atoms with van der Waals surface area (Å²) in [6.45, 7) is 8.45. The first-order chi connectivity index (χ1) is 14.8. The van der Waals surface area contributed by atoms with E-state index in [1.54, 1.807) is 12.1 Å². The van der Waals surface area contributed by atoms with E-state index < -0.39 is 6.04 Å². The van der Waals surface area contributed by atoms with Gasteiger partial charge in [-0.1, -0.05) is 50.1 Å². The van der Waals surface area contributed by atoms with Gasteiger partial charge in [-0.2, -0.15) is 0 Å². The van der Waals surface area contributed by atoms with E-state index in [9.17, 15) is 14.0 Å². The molecule has 1 atom stereocenters. The molecule has 0 saturated carbocycles. The molecule has 0 saturated heterocycles. The van der Waals surface area contributed by atoms with E-state index in [-0.39, 0.29) is 30.8 Å². The number of rotatable bonds is 11. The first-order valence-corrected chi connectivity index (χ1v) is 10.9. The van der Waals surface area contributed by atoms with Crippen LogP contribution in [0.2, 0.25) is 0 Å². The minimum absolute atomic E-state index is 0.177. The molecule has 2 amide bonds. The lowest BCUT2D eigenvalue weighted by molar-refractivity contribution is -0.143. The highest BCUT2D eigenvalue weighted by Gasteiger charge is 2.28. The third kappa shape index (κ3) is 7.39. The number of hydrogen-bond donors (Lipinski definition) is 1. The zero-order chi connectivity index (χ0) is 22.8. The number of nitrogens with one attached hydrogen (secondary N) is 1. The number of halogens is 1. The highest BCUT2D eigenvalue weighted by Crippen LogP contribution is 2.19. The number of carbonyl (C=O) groups is 2. The van der Waals surface area contributed by atoms with Crippen LogP contribution in [-0.4, -0.2) is 35.9 Å². The summed E-state index contributed by atoms with van der Waals surface area (Å²) in [6.07, 6.45) is 2.32. The predicted octanol–water partition coefficient (Wildman–Crippen LogP) is 4.55. The van der Waals surface area contributed by atoms with Crippen LogP contribution in [0, 0.1) is 19.7 Å². The van der Waals surface area contributed by atoms with Gasteiger partial charge in [-0.05, 0) is 56.0 Å². The van der Waals surface area contributed by atoms with Crippen LogP contribution in [0.1, 0.15) is 49.8 Å². The van der Waals surface area contributed by atoms with Crippen molar-refractivity contribution in [1.82, 2.24) is 10.2 Å². The average molecular weight is 429 g/mol. The predicted molar refractivity (Wildman–Crippen MR) is 120 cm³/mol. The molecule has 0 heterocycles. The molecule has 0 spiro atoms. The minimum Gasteiger partial charge on any atom is -0.483 e. The van der Waals surface area contributed by atoms with Crippen LogP contribution < -0.4 is 10.1 Å².